The van der Waals surface area contributed by atoms with E-state index in [2.05, 4.69) is 15.1 Å². The molecular weight excluding hydrogens is 268 g/mol. The van der Waals surface area contributed by atoms with E-state index in [0.29, 0.717) is 19.5 Å². The number of amides is 1. The molecule has 106 valence electrons. The van der Waals surface area contributed by atoms with Crippen LogP contribution < -0.4 is 4.90 Å². The molecule has 1 aromatic heterocycles. The summed E-state index contributed by atoms with van der Waals surface area (Å²) < 4.78 is 1.75. The van der Waals surface area contributed by atoms with Crippen LogP contribution in [0.5, 0.6) is 0 Å². The smallest absolute Gasteiger partial charge is 0.227 e. The average Bonchev–Trinajstić information content (AvgIpc) is 3.15. The van der Waals surface area contributed by atoms with Gasteiger partial charge in [0.25, 0.3) is 0 Å². The van der Waals surface area contributed by atoms with Gasteiger partial charge in [-0.25, -0.2) is 4.68 Å². The molecule has 7 nitrogen and oxygen atoms in total. The van der Waals surface area contributed by atoms with Crippen LogP contribution in [-0.4, -0.2) is 28.8 Å². The third-order valence-electron chi connectivity index (χ3n) is 3.52. The number of anilines is 1. The first-order chi connectivity index (χ1) is 10.3. The molecule has 21 heavy (non-hydrogen) atoms. The van der Waals surface area contributed by atoms with Crippen LogP contribution in [0.25, 0.3) is 16.1 Å². The molecular formula is C14H14N6O. The van der Waals surface area contributed by atoms with Crippen LogP contribution in [-0.2, 0) is 4.79 Å². The maximum absolute atomic E-state index is 12.1. The molecule has 1 saturated heterocycles. The summed E-state index contributed by atoms with van der Waals surface area (Å²) in [6.45, 7) is 0.942. The van der Waals surface area contributed by atoms with Crippen molar-refractivity contribution in [3.05, 3.63) is 53.2 Å². The van der Waals surface area contributed by atoms with Crippen molar-refractivity contribution in [1.82, 2.24) is 9.78 Å². The lowest BCUT2D eigenvalue weighted by molar-refractivity contribution is -0.117. The van der Waals surface area contributed by atoms with E-state index in [1.54, 1.807) is 15.8 Å². The molecule has 1 aliphatic rings. The van der Waals surface area contributed by atoms with E-state index in [1.165, 1.54) is 0 Å². The van der Waals surface area contributed by atoms with E-state index in [0.717, 1.165) is 11.4 Å². The summed E-state index contributed by atoms with van der Waals surface area (Å²) in [5, 5.41) is 7.75. The number of carbonyl (C=O) groups excluding carboxylic acids is 1. The Kier molecular flexibility index (Phi) is 3.57. The summed E-state index contributed by atoms with van der Waals surface area (Å²) in [7, 11) is 0. The highest BCUT2D eigenvalue weighted by molar-refractivity contribution is 5.96. The molecule has 1 amide bonds. The van der Waals surface area contributed by atoms with Crippen LogP contribution in [0, 0.1) is 5.92 Å². The van der Waals surface area contributed by atoms with Crippen LogP contribution in [0.3, 0.4) is 0 Å². The highest BCUT2D eigenvalue weighted by Gasteiger charge is 2.30. The molecule has 3 rings (SSSR count). The van der Waals surface area contributed by atoms with Crippen molar-refractivity contribution in [2.24, 2.45) is 11.0 Å². The van der Waals surface area contributed by atoms with E-state index >= 15 is 0 Å². The molecule has 0 radical (unpaired) electrons. The Hall–Kier alpha value is -2.79. The van der Waals surface area contributed by atoms with Crippen molar-refractivity contribution in [3.63, 3.8) is 0 Å². The van der Waals surface area contributed by atoms with Gasteiger partial charge in [-0.3, -0.25) is 4.79 Å². The molecule has 0 saturated carbocycles. The van der Waals surface area contributed by atoms with Gasteiger partial charge in [-0.1, -0.05) is 11.2 Å². The second-order valence-corrected chi connectivity index (χ2v) is 4.96. The maximum atomic E-state index is 12.1. The van der Waals surface area contributed by atoms with Crippen molar-refractivity contribution in [2.45, 2.75) is 6.42 Å². The second kappa shape index (κ2) is 5.68. The Balaban J connectivity index is 1.82. The third-order valence-corrected chi connectivity index (χ3v) is 3.52. The van der Waals surface area contributed by atoms with Crippen molar-refractivity contribution >= 4 is 11.6 Å². The molecule has 0 N–H and O–H groups in total. The first-order valence-electron chi connectivity index (χ1n) is 6.69. The fourth-order valence-electron chi connectivity index (χ4n) is 2.53. The molecule has 0 spiro atoms. The quantitative estimate of drug-likeness (QED) is 0.490. The first kappa shape index (κ1) is 13.2. The van der Waals surface area contributed by atoms with Crippen molar-refractivity contribution in [3.8, 4) is 5.69 Å². The number of aromatic nitrogens is 2. The molecule has 1 aliphatic heterocycles. The van der Waals surface area contributed by atoms with Gasteiger partial charge in [0.15, 0.2) is 0 Å². The molecule has 7 heteroatoms. The van der Waals surface area contributed by atoms with Gasteiger partial charge in [0.1, 0.15) is 0 Å². The molecule has 2 aromatic rings. The lowest BCUT2D eigenvalue weighted by Crippen LogP contribution is -2.24. The fourth-order valence-corrected chi connectivity index (χ4v) is 2.53. The van der Waals surface area contributed by atoms with Crippen LogP contribution in [0.15, 0.2) is 47.8 Å². The van der Waals surface area contributed by atoms with Gasteiger partial charge in [0.05, 0.1) is 5.69 Å². The Morgan fingerprint density at radius 2 is 2.24 bits per heavy atom. The average molecular weight is 282 g/mol. The van der Waals surface area contributed by atoms with Gasteiger partial charge >= 0.3 is 0 Å². The van der Waals surface area contributed by atoms with Crippen LogP contribution in [0.4, 0.5) is 5.69 Å². The summed E-state index contributed by atoms with van der Waals surface area (Å²) in [5.41, 5.74) is 10.1. The number of carbonyl (C=O) groups is 1. The largest absolute Gasteiger partial charge is 0.312 e. The van der Waals surface area contributed by atoms with Crippen molar-refractivity contribution in [2.75, 3.05) is 18.0 Å². The zero-order valence-corrected chi connectivity index (χ0v) is 11.3. The SMILES string of the molecule is [N-]=[N+]=NCC1CC(=O)N(c2cccc(-n3cccn3)c2)C1. The van der Waals surface area contributed by atoms with Gasteiger partial charge in [-0.15, -0.1) is 0 Å². The number of rotatable bonds is 4. The standard InChI is InChI=1S/C14H14N6O/c15-18-16-9-11-7-14(21)19(10-11)12-3-1-4-13(8-12)20-6-2-5-17-20/h1-6,8,11H,7,9-10H2. The minimum Gasteiger partial charge on any atom is -0.312 e. The fraction of sp³-hybridized carbons (Fsp3) is 0.286. The van der Waals surface area contributed by atoms with Gasteiger partial charge in [0.2, 0.25) is 5.91 Å². The summed E-state index contributed by atoms with van der Waals surface area (Å²) in [6.07, 6.45) is 3.99. The molecule has 0 aliphatic carbocycles. The Morgan fingerprint density at radius 3 is 3.00 bits per heavy atom. The van der Waals surface area contributed by atoms with E-state index in [1.807, 2.05) is 36.5 Å². The Bertz CT molecular complexity index is 689. The maximum Gasteiger partial charge on any atom is 0.227 e. The van der Waals surface area contributed by atoms with Crippen LogP contribution in [0.2, 0.25) is 0 Å². The lowest BCUT2D eigenvalue weighted by atomic mass is 10.1. The highest BCUT2D eigenvalue weighted by Crippen LogP contribution is 2.26. The Labute approximate surface area is 121 Å². The minimum absolute atomic E-state index is 0.0609. The monoisotopic (exact) mass is 282 g/mol. The third kappa shape index (κ3) is 2.73. The zero-order chi connectivity index (χ0) is 14.7. The topological polar surface area (TPSA) is 86.9 Å². The van der Waals surface area contributed by atoms with E-state index in [9.17, 15) is 4.79 Å². The zero-order valence-electron chi connectivity index (χ0n) is 11.3. The van der Waals surface area contributed by atoms with Gasteiger partial charge in [-0.05, 0) is 35.7 Å². The Morgan fingerprint density at radius 1 is 1.38 bits per heavy atom. The van der Waals surface area contributed by atoms with Crippen molar-refractivity contribution in [1.29, 1.82) is 0 Å². The van der Waals surface area contributed by atoms with Crippen LogP contribution >= 0.6 is 0 Å². The number of nitrogens with zero attached hydrogens (tertiary/aromatic N) is 6. The molecule has 0 bridgehead atoms. The number of hydrogen-bond donors (Lipinski definition) is 0. The minimum atomic E-state index is 0.0609. The predicted octanol–water partition coefficient (Wildman–Crippen LogP) is 2.54. The highest BCUT2D eigenvalue weighted by atomic mass is 16.2. The predicted molar refractivity (Wildman–Crippen MR) is 78.0 cm³/mol. The molecule has 2 heterocycles. The molecule has 1 atom stereocenters. The molecule has 1 unspecified atom stereocenters. The van der Waals surface area contributed by atoms with Crippen molar-refractivity contribution < 1.29 is 4.79 Å². The number of benzene rings is 1. The summed E-state index contributed by atoms with van der Waals surface area (Å²) in [5.74, 6) is 0.146. The summed E-state index contributed by atoms with van der Waals surface area (Å²) in [6, 6.07) is 9.53. The van der Waals surface area contributed by atoms with Gasteiger partial charge in [0, 0.05) is 42.5 Å². The normalized spacial score (nSPS) is 17.8. The van der Waals surface area contributed by atoms with Crippen LogP contribution in [0.1, 0.15) is 6.42 Å². The van der Waals surface area contributed by atoms with Gasteiger partial charge in [-0.2, -0.15) is 5.10 Å². The summed E-state index contributed by atoms with van der Waals surface area (Å²) in [4.78, 5) is 16.6. The van der Waals surface area contributed by atoms with E-state index in [-0.39, 0.29) is 11.8 Å². The van der Waals surface area contributed by atoms with Gasteiger partial charge < -0.3 is 4.90 Å². The molecule has 1 aromatic carbocycles. The molecule has 1 fully saturated rings. The summed E-state index contributed by atoms with van der Waals surface area (Å²) >= 11 is 0. The van der Waals surface area contributed by atoms with E-state index < -0.39 is 0 Å². The van der Waals surface area contributed by atoms with E-state index in [4.69, 9.17) is 5.53 Å². The number of azide groups is 1. The first-order valence-corrected chi connectivity index (χ1v) is 6.69. The second-order valence-electron chi connectivity index (χ2n) is 4.96. The lowest BCUT2D eigenvalue weighted by Gasteiger charge is -2.17. The number of hydrogen-bond acceptors (Lipinski definition) is 3.